The second kappa shape index (κ2) is 12.7. The van der Waals surface area contributed by atoms with E-state index in [-0.39, 0.29) is 24.0 Å². The minimum absolute atomic E-state index is 0. The molecule has 0 aliphatic rings. The Morgan fingerprint density at radius 2 is 1.84 bits per heavy atom. The van der Waals surface area contributed by atoms with Gasteiger partial charge in [-0.1, -0.05) is 36.4 Å². The van der Waals surface area contributed by atoms with Crippen molar-refractivity contribution in [1.82, 2.24) is 20.5 Å². The molecule has 0 unspecified atom stereocenters. The Hall–Kier alpha value is -1.67. The average molecular weight is 453 g/mol. The monoisotopic (exact) mass is 453 g/mol. The highest BCUT2D eigenvalue weighted by molar-refractivity contribution is 14.0. The van der Waals surface area contributed by atoms with Gasteiger partial charge in [0.2, 0.25) is 0 Å². The number of halogens is 1. The summed E-state index contributed by atoms with van der Waals surface area (Å²) in [6, 6.07) is 16.5. The highest BCUT2D eigenvalue weighted by atomic mass is 127. The maximum atomic E-state index is 4.29. The highest BCUT2D eigenvalue weighted by Crippen LogP contribution is 2.02. The van der Waals surface area contributed by atoms with Crippen LogP contribution in [0.25, 0.3) is 0 Å². The van der Waals surface area contributed by atoms with E-state index in [4.69, 9.17) is 0 Å². The normalized spacial score (nSPS) is 11.1. The number of rotatable bonds is 8. The third kappa shape index (κ3) is 8.83. The van der Waals surface area contributed by atoms with E-state index in [1.165, 1.54) is 5.56 Å². The van der Waals surface area contributed by atoms with Gasteiger partial charge in [0.1, 0.15) is 0 Å². The van der Waals surface area contributed by atoms with E-state index in [1.807, 2.05) is 18.2 Å². The fraction of sp³-hybridized carbons (Fsp3) is 0.368. The van der Waals surface area contributed by atoms with Crippen molar-refractivity contribution in [3.8, 4) is 0 Å². The fourth-order valence-electron chi connectivity index (χ4n) is 2.43. The molecule has 0 spiro atoms. The molecule has 0 bridgehead atoms. The molecule has 0 aliphatic heterocycles. The molecule has 0 atom stereocenters. The zero-order valence-corrected chi connectivity index (χ0v) is 17.3. The fourth-order valence-corrected chi connectivity index (χ4v) is 2.43. The predicted molar refractivity (Wildman–Crippen MR) is 115 cm³/mol. The molecule has 6 heteroatoms. The quantitative estimate of drug-likeness (QED) is 0.280. The van der Waals surface area contributed by atoms with Crippen molar-refractivity contribution in [2.75, 3.05) is 27.2 Å². The molecule has 5 nitrogen and oxygen atoms in total. The van der Waals surface area contributed by atoms with Crippen LogP contribution in [0.2, 0.25) is 0 Å². The first-order valence-corrected chi connectivity index (χ1v) is 8.35. The number of benzene rings is 1. The van der Waals surface area contributed by atoms with E-state index in [9.17, 15) is 0 Å². The molecule has 1 heterocycles. The SMILES string of the molecule is CN=C(NCCCN(C)Cc1ccccc1)NCc1ccccn1.I. The van der Waals surface area contributed by atoms with Crippen LogP contribution in [-0.4, -0.2) is 43.0 Å². The van der Waals surface area contributed by atoms with Gasteiger partial charge in [0.25, 0.3) is 0 Å². The van der Waals surface area contributed by atoms with E-state index in [2.05, 4.69) is 62.9 Å². The first-order valence-electron chi connectivity index (χ1n) is 8.35. The molecular formula is C19H28IN5. The molecule has 25 heavy (non-hydrogen) atoms. The van der Waals surface area contributed by atoms with Crippen molar-refractivity contribution in [2.24, 2.45) is 4.99 Å². The summed E-state index contributed by atoms with van der Waals surface area (Å²) in [6.45, 7) is 3.59. The molecule has 0 amide bonds. The lowest BCUT2D eigenvalue weighted by Crippen LogP contribution is -2.38. The van der Waals surface area contributed by atoms with E-state index < -0.39 is 0 Å². The van der Waals surface area contributed by atoms with Gasteiger partial charge in [-0.2, -0.15) is 0 Å². The Morgan fingerprint density at radius 1 is 1.08 bits per heavy atom. The molecule has 2 N–H and O–H groups in total. The number of nitrogens with one attached hydrogen (secondary N) is 2. The number of hydrogen-bond acceptors (Lipinski definition) is 3. The van der Waals surface area contributed by atoms with Crippen molar-refractivity contribution in [3.05, 3.63) is 66.0 Å². The van der Waals surface area contributed by atoms with Crippen molar-refractivity contribution in [1.29, 1.82) is 0 Å². The number of aromatic nitrogens is 1. The Balaban J connectivity index is 0.00000312. The average Bonchev–Trinajstić information content (AvgIpc) is 2.63. The van der Waals surface area contributed by atoms with Gasteiger partial charge in [-0.25, -0.2) is 0 Å². The third-order valence-electron chi connectivity index (χ3n) is 3.69. The third-order valence-corrected chi connectivity index (χ3v) is 3.69. The van der Waals surface area contributed by atoms with E-state index in [0.717, 1.165) is 37.7 Å². The summed E-state index contributed by atoms with van der Waals surface area (Å²) in [6.07, 6.45) is 2.86. The Labute approximate surface area is 168 Å². The van der Waals surface area contributed by atoms with Gasteiger partial charge in [-0.3, -0.25) is 9.98 Å². The molecule has 0 fully saturated rings. The number of hydrogen-bond donors (Lipinski definition) is 2. The maximum absolute atomic E-state index is 4.29. The number of aliphatic imine (C=N–C) groups is 1. The number of pyridine rings is 1. The lowest BCUT2D eigenvalue weighted by atomic mass is 10.2. The van der Waals surface area contributed by atoms with Crippen LogP contribution in [0.1, 0.15) is 17.7 Å². The van der Waals surface area contributed by atoms with Crippen LogP contribution in [0, 0.1) is 0 Å². The maximum Gasteiger partial charge on any atom is 0.191 e. The first kappa shape index (κ1) is 21.4. The minimum atomic E-state index is 0. The van der Waals surface area contributed by atoms with Gasteiger partial charge in [0, 0.05) is 26.3 Å². The largest absolute Gasteiger partial charge is 0.356 e. The van der Waals surface area contributed by atoms with Crippen LogP contribution in [0.5, 0.6) is 0 Å². The summed E-state index contributed by atoms with van der Waals surface area (Å²) in [5.74, 6) is 0.811. The first-order chi connectivity index (χ1) is 11.8. The van der Waals surface area contributed by atoms with Crippen molar-refractivity contribution >= 4 is 29.9 Å². The molecule has 0 aliphatic carbocycles. The van der Waals surface area contributed by atoms with Gasteiger partial charge < -0.3 is 15.5 Å². The van der Waals surface area contributed by atoms with Gasteiger partial charge in [0.05, 0.1) is 12.2 Å². The number of guanidine groups is 1. The summed E-state index contributed by atoms with van der Waals surface area (Å²) in [7, 11) is 3.94. The summed E-state index contributed by atoms with van der Waals surface area (Å²) in [5, 5.41) is 6.62. The molecular weight excluding hydrogens is 425 g/mol. The van der Waals surface area contributed by atoms with Crippen molar-refractivity contribution < 1.29 is 0 Å². The summed E-state index contributed by atoms with van der Waals surface area (Å²) < 4.78 is 0. The van der Waals surface area contributed by atoms with Gasteiger partial charge in [-0.05, 0) is 37.7 Å². The molecule has 1 aromatic heterocycles. The van der Waals surface area contributed by atoms with E-state index in [1.54, 1.807) is 13.2 Å². The van der Waals surface area contributed by atoms with Gasteiger partial charge in [-0.15, -0.1) is 24.0 Å². The Morgan fingerprint density at radius 3 is 2.52 bits per heavy atom. The Kier molecular flexibility index (Phi) is 10.8. The molecule has 136 valence electrons. The Bertz CT molecular complexity index is 604. The molecule has 0 saturated heterocycles. The summed E-state index contributed by atoms with van der Waals surface area (Å²) in [4.78, 5) is 10.9. The summed E-state index contributed by atoms with van der Waals surface area (Å²) in [5.41, 5.74) is 2.35. The van der Waals surface area contributed by atoms with Crippen LogP contribution in [0.15, 0.2) is 59.7 Å². The molecule has 0 saturated carbocycles. The zero-order valence-electron chi connectivity index (χ0n) is 15.0. The minimum Gasteiger partial charge on any atom is -0.356 e. The molecule has 1 aromatic carbocycles. The lowest BCUT2D eigenvalue weighted by molar-refractivity contribution is 0.322. The molecule has 2 rings (SSSR count). The smallest absolute Gasteiger partial charge is 0.191 e. The van der Waals surface area contributed by atoms with Crippen LogP contribution < -0.4 is 10.6 Å². The van der Waals surface area contributed by atoms with E-state index in [0.29, 0.717) is 6.54 Å². The lowest BCUT2D eigenvalue weighted by Gasteiger charge is -2.17. The van der Waals surface area contributed by atoms with Crippen LogP contribution in [0.4, 0.5) is 0 Å². The molecule has 2 aromatic rings. The second-order valence-corrected chi connectivity index (χ2v) is 5.75. The molecule has 0 radical (unpaired) electrons. The van der Waals surface area contributed by atoms with Gasteiger partial charge >= 0.3 is 0 Å². The second-order valence-electron chi connectivity index (χ2n) is 5.75. The highest BCUT2D eigenvalue weighted by Gasteiger charge is 2.01. The van der Waals surface area contributed by atoms with Crippen molar-refractivity contribution in [2.45, 2.75) is 19.5 Å². The van der Waals surface area contributed by atoms with Crippen LogP contribution in [0.3, 0.4) is 0 Å². The predicted octanol–water partition coefficient (Wildman–Crippen LogP) is 2.89. The summed E-state index contributed by atoms with van der Waals surface area (Å²) >= 11 is 0. The number of nitrogens with zero attached hydrogens (tertiary/aromatic N) is 3. The van der Waals surface area contributed by atoms with Gasteiger partial charge in [0.15, 0.2) is 5.96 Å². The topological polar surface area (TPSA) is 52.6 Å². The van der Waals surface area contributed by atoms with Crippen molar-refractivity contribution in [3.63, 3.8) is 0 Å². The van der Waals surface area contributed by atoms with E-state index >= 15 is 0 Å². The van der Waals surface area contributed by atoms with Crippen LogP contribution in [-0.2, 0) is 13.1 Å². The zero-order chi connectivity index (χ0) is 17.0. The van der Waals surface area contributed by atoms with Crippen LogP contribution >= 0.6 is 24.0 Å². The standard InChI is InChI=1S/C19H27N5.HI/c1-20-19(23-15-18-11-6-7-12-21-18)22-13-8-14-24(2)16-17-9-4-3-5-10-17;/h3-7,9-12H,8,13-16H2,1-2H3,(H2,20,22,23);1H.